The van der Waals surface area contributed by atoms with Crippen molar-refractivity contribution in [2.45, 2.75) is 32.1 Å². The van der Waals surface area contributed by atoms with E-state index in [1.165, 1.54) is 0 Å². The first-order valence-electron chi connectivity index (χ1n) is 6.22. The molecule has 0 aliphatic carbocycles. The van der Waals surface area contributed by atoms with Crippen molar-refractivity contribution < 1.29 is 19.4 Å². The SMILES string of the molecule is CC(C)(CC(=O)O)c1ccc(Cl)c2c1OCCCO2. The summed E-state index contributed by atoms with van der Waals surface area (Å²) in [6.45, 7) is 4.84. The van der Waals surface area contributed by atoms with E-state index in [0.717, 1.165) is 12.0 Å². The molecule has 0 fully saturated rings. The van der Waals surface area contributed by atoms with Gasteiger partial charge in [0.2, 0.25) is 0 Å². The van der Waals surface area contributed by atoms with Crippen LogP contribution in [0.5, 0.6) is 11.5 Å². The van der Waals surface area contributed by atoms with Gasteiger partial charge in [-0.05, 0) is 6.07 Å². The predicted octanol–water partition coefficient (Wildman–Crippen LogP) is 3.25. The molecule has 2 rings (SSSR count). The van der Waals surface area contributed by atoms with E-state index in [1.54, 1.807) is 6.07 Å². The zero-order chi connectivity index (χ0) is 14.0. The molecule has 5 heteroatoms. The lowest BCUT2D eigenvalue weighted by Crippen LogP contribution is -2.22. The first kappa shape index (κ1) is 14.0. The van der Waals surface area contributed by atoms with Crippen molar-refractivity contribution in [1.29, 1.82) is 0 Å². The van der Waals surface area contributed by atoms with Gasteiger partial charge in [0.1, 0.15) is 0 Å². The average molecular weight is 285 g/mol. The Bertz CT molecular complexity index is 496. The largest absolute Gasteiger partial charge is 0.489 e. The highest BCUT2D eigenvalue weighted by molar-refractivity contribution is 6.32. The van der Waals surface area contributed by atoms with Gasteiger partial charge in [0.05, 0.1) is 24.7 Å². The van der Waals surface area contributed by atoms with E-state index in [2.05, 4.69) is 0 Å². The van der Waals surface area contributed by atoms with Crippen LogP contribution in [0.15, 0.2) is 12.1 Å². The molecule has 1 aliphatic heterocycles. The number of hydrogen-bond acceptors (Lipinski definition) is 3. The first-order valence-corrected chi connectivity index (χ1v) is 6.60. The van der Waals surface area contributed by atoms with Crippen molar-refractivity contribution >= 4 is 17.6 Å². The fourth-order valence-electron chi connectivity index (χ4n) is 2.23. The molecule has 1 aliphatic rings. The standard InChI is InChI=1S/C14H17ClO4/c1-14(2,8-11(16)17)9-4-5-10(15)13-12(9)18-6-3-7-19-13/h4-5H,3,6-8H2,1-2H3,(H,16,17). The lowest BCUT2D eigenvalue weighted by Gasteiger charge is -2.26. The lowest BCUT2D eigenvalue weighted by molar-refractivity contribution is -0.138. The number of hydrogen-bond donors (Lipinski definition) is 1. The molecule has 104 valence electrons. The molecule has 1 aromatic rings. The number of halogens is 1. The van der Waals surface area contributed by atoms with Crippen LogP contribution in [0.25, 0.3) is 0 Å². The summed E-state index contributed by atoms with van der Waals surface area (Å²) < 4.78 is 11.3. The smallest absolute Gasteiger partial charge is 0.304 e. The molecular formula is C14H17ClO4. The minimum absolute atomic E-state index is 0.0183. The predicted molar refractivity (Wildman–Crippen MR) is 72.3 cm³/mol. The summed E-state index contributed by atoms with van der Waals surface area (Å²) in [6, 6.07) is 3.55. The van der Waals surface area contributed by atoms with E-state index in [4.69, 9.17) is 26.2 Å². The molecule has 0 saturated carbocycles. The third-order valence-electron chi connectivity index (χ3n) is 3.17. The molecule has 19 heavy (non-hydrogen) atoms. The first-order chi connectivity index (χ1) is 8.92. The van der Waals surface area contributed by atoms with Crippen LogP contribution >= 0.6 is 11.6 Å². The second-order valence-electron chi connectivity index (χ2n) is 5.26. The van der Waals surface area contributed by atoms with Crippen LogP contribution in [0.3, 0.4) is 0 Å². The molecule has 0 spiro atoms. The number of rotatable bonds is 3. The molecule has 0 atom stereocenters. The van der Waals surface area contributed by atoms with Crippen LogP contribution in [0, 0.1) is 0 Å². The highest BCUT2D eigenvalue weighted by Gasteiger charge is 2.31. The summed E-state index contributed by atoms with van der Waals surface area (Å²) >= 11 is 6.12. The Balaban J connectivity index is 2.49. The van der Waals surface area contributed by atoms with Gasteiger partial charge in [0.25, 0.3) is 0 Å². The topological polar surface area (TPSA) is 55.8 Å². The number of ether oxygens (including phenoxy) is 2. The zero-order valence-electron chi connectivity index (χ0n) is 11.0. The normalized spacial score (nSPS) is 14.9. The molecule has 1 N–H and O–H groups in total. The zero-order valence-corrected chi connectivity index (χ0v) is 11.8. The van der Waals surface area contributed by atoms with Gasteiger partial charge in [0, 0.05) is 17.4 Å². The Morgan fingerprint density at radius 2 is 1.95 bits per heavy atom. The van der Waals surface area contributed by atoms with E-state index in [9.17, 15) is 4.79 Å². The molecule has 1 aromatic carbocycles. The van der Waals surface area contributed by atoms with Gasteiger partial charge >= 0.3 is 5.97 Å². The maximum Gasteiger partial charge on any atom is 0.304 e. The Morgan fingerprint density at radius 1 is 1.32 bits per heavy atom. The molecule has 0 amide bonds. The Hall–Kier alpha value is -1.42. The third-order valence-corrected chi connectivity index (χ3v) is 3.47. The van der Waals surface area contributed by atoms with Crippen LogP contribution in [-0.2, 0) is 10.2 Å². The van der Waals surface area contributed by atoms with Crippen LogP contribution in [-0.4, -0.2) is 24.3 Å². The van der Waals surface area contributed by atoms with E-state index < -0.39 is 11.4 Å². The van der Waals surface area contributed by atoms with Crippen LogP contribution in [0.4, 0.5) is 0 Å². The monoisotopic (exact) mass is 284 g/mol. The van der Waals surface area contributed by atoms with E-state index >= 15 is 0 Å². The number of aliphatic carboxylic acids is 1. The highest BCUT2D eigenvalue weighted by atomic mass is 35.5. The Morgan fingerprint density at radius 3 is 2.58 bits per heavy atom. The quantitative estimate of drug-likeness (QED) is 0.926. The van der Waals surface area contributed by atoms with E-state index in [1.807, 2.05) is 19.9 Å². The summed E-state index contributed by atoms with van der Waals surface area (Å²) in [5.41, 5.74) is 0.269. The number of carboxylic acid groups (broad SMARTS) is 1. The molecule has 4 nitrogen and oxygen atoms in total. The van der Waals surface area contributed by atoms with Crippen molar-refractivity contribution in [2.75, 3.05) is 13.2 Å². The summed E-state index contributed by atoms with van der Waals surface area (Å²) in [5, 5.41) is 9.52. The second-order valence-corrected chi connectivity index (χ2v) is 5.67. The summed E-state index contributed by atoms with van der Waals surface area (Å²) in [6.07, 6.45) is 0.800. The van der Waals surface area contributed by atoms with Gasteiger partial charge in [-0.2, -0.15) is 0 Å². The van der Waals surface area contributed by atoms with Gasteiger partial charge in [-0.25, -0.2) is 0 Å². The molecule has 1 heterocycles. The molecule has 0 saturated heterocycles. The average Bonchev–Trinajstić information content (AvgIpc) is 2.53. The van der Waals surface area contributed by atoms with Crippen molar-refractivity contribution in [3.05, 3.63) is 22.7 Å². The minimum Gasteiger partial charge on any atom is -0.489 e. The fraction of sp³-hybridized carbons (Fsp3) is 0.500. The number of carbonyl (C=O) groups is 1. The van der Waals surface area contributed by atoms with Crippen LogP contribution in [0.1, 0.15) is 32.3 Å². The lowest BCUT2D eigenvalue weighted by atomic mass is 9.81. The van der Waals surface area contributed by atoms with Crippen LogP contribution in [0.2, 0.25) is 5.02 Å². The van der Waals surface area contributed by atoms with Gasteiger partial charge in [0.15, 0.2) is 11.5 Å². The summed E-state index contributed by atoms with van der Waals surface area (Å²) in [5.74, 6) is 0.259. The summed E-state index contributed by atoms with van der Waals surface area (Å²) in [4.78, 5) is 11.0. The van der Waals surface area contributed by atoms with Gasteiger partial charge in [-0.3, -0.25) is 4.79 Å². The minimum atomic E-state index is -0.844. The van der Waals surface area contributed by atoms with Gasteiger partial charge in [-0.1, -0.05) is 31.5 Å². The van der Waals surface area contributed by atoms with E-state index in [-0.39, 0.29) is 6.42 Å². The Kier molecular flexibility index (Phi) is 3.90. The van der Waals surface area contributed by atoms with Crippen molar-refractivity contribution in [3.8, 4) is 11.5 Å². The molecule has 0 radical (unpaired) electrons. The van der Waals surface area contributed by atoms with Gasteiger partial charge in [-0.15, -0.1) is 0 Å². The number of benzene rings is 1. The molecule has 0 aromatic heterocycles. The Labute approximate surface area is 117 Å². The van der Waals surface area contributed by atoms with Crippen molar-refractivity contribution in [3.63, 3.8) is 0 Å². The molecule has 0 bridgehead atoms. The van der Waals surface area contributed by atoms with Crippen molar-refractivity contribution in [2.24, 2.45) is 0 Å². The summed E-state index contributed by atoms with van der Waals surface area (Å²) in [7, 11) is 0. The number of carboxylic acids is 1. The van der Waals surface area contributed by atoms with Gasteiger partial charge < -0.3 is 14.6 Å². The third kappa shape index (κ3) is 2.95. The molecule has 0 unspecified atom stereocenters. The van der Waals surface area contributed by atoms with Crippen molar-refractivity contribution in [1.82, 2.24) is 0 Å². The molecular weight excluding hydrogens is 268 g/mol. The maximum atomic E-state index is 11.0. The highest BCUT2D eigenvalue weighted by Crippen LogP contribution is 2.45. The number of fused-ring (bicyclic) bond motifs is 1. The van der Waals surface area contributed by atoms with Crippen LogP contribution < -0.4 is 9.47 Å². The maximum absolute atomic E-state index is 11.0. The van der Waals surface area contributed by atoms with E-state index in [0.29, 0.717) is 29.7 Å². The fourth-order valence-corrected chi connectivity index (χ4v) is 2.43. The second kappa shape index (κ2) is 5.29.